The molecule has 2 rings (SSSR count). The van der Waals surface area contributed by atoms with Crippen molar-refractivity contribution in [3.05, 3.63) is 23.9 Å². The summed E-state index contributed by atoms with van der Waals surface area (Å²) in [5, 5.41) is 2.60. The molecule has 0 radical (unpaired) electrons. The van der Waals surface area contributed by atoms with Gasteiger partial charge in [-0.25, -0.2) is 4.98 Å². The largest absolute Gasteiger partial charge is 0.370 e. The van der Waals surface area contributed by atoms with E-state index in [-0.39, 0.29) is 24.3 Å². The number of nitrogens with two attached hydrogens (primary N) is 1. The monoisotopic (exact) mass is 300 g/mol. The summed E-state index contributed by atoms with van der Waals surface area (Å²) in [6, 6.07) is 3.54. The number of nitrogens with zero attached hydrogens (tertiary/aromatic N) is 2. The Morgan fingerprint density at radius 2 is 2.32 bits per heavy atom. The van der Waals surface area contributed by atoms with Crippen LogP contribution in [0.2, 0.25) is 0 Å². The smallest absolute Gasteiger partial charge is 0.253 e. The Kier molecular flexibility index (Phi) is 5.37. The van der Waals surface area contributed by atoms with Crippen molar-refractivity contribution in [3.63, 3.8) is 0 Å². The molecule has 0 spiro atoms. The first-order valence-electron chi connectivity index (χ1n) is 7.31. The topological polar surface area (TPSA) is 88.3 Å². The van der Waals surface area contributed by atoms with Crippen LogP contribution >= 0.6 is 0 Å². The number of primary amides is 1. The van der Waals surface area contributed by atoms with Crippen LogP contribution in [0.4, 0.5) is 5.82 Å². The van der Waals surface area contributed by atoms with Crippen molar-refractivity contribution in [1.29, 1.82) is 0 Å². The molecule has 1 aliphatic heterocycles. The first-order chi connectivity index (χ1) is 10.6. The lowest BCUT2D eigenvalue weighted by Crippen LogP contribution is -2.37. The second-order valence-electron chi connectivity index (χ2n) is 5.42. The van der Waals surface area contributed by atoms with Crippen LogP contribution in [0.5, 0.6) is 0 Å². The summed E-state index contributed by atoms with van der Waals surface area (Å²) in [6.45, 7) is 1.85. The van der Waals surface area contributed by atoms with Crippen molar-refractivity contribution >= 4 is 17.6 Å². The van der Waals surface area contributed by atoms with Gasteiger partial charge in [0.2, 0.25) is 5.91 Å². The standard InChI is InChI=1S/C16H20N4O2/c1-2-7-18-16(22)13-5-6-15(19-10-13)20-8-3-4-12(11-20)9-14(17)21/h1,5-6,10,12H,3-4,7-9,11H2,(H2,17,21)(H,18,22). The summed E-state index contributed by atoms with van der Waals surface area (Å²) in [5.41, 5.74) is 5.75. The zero-order chi connectivity index (χ0) is 15.9. The Bertz CT molecular complexity index is 577. The molecule has 6 heteroatoms. The Morgan fingerprint density at radius 1 is 1.50 bits per heavy atom. The fourth-order valence-corrected chi connectivity index (χ4v) is 2.67. The van der Waals surface area contributed by atoms with Gasteiger partial charge in [0.1, 0.15) is 5.82 Å². The van der Waals surface area contributed by atoms with E-state index in [1.807, 2.05) is 6.07 Å². The molecule has 2 amide bonds. The quantitative estimate of drug-likeness (QED) is 0.777. The Balaban J connectivity index is 1.99. The highest BCUT2D eigenvalue weighted by Gasteiger charge is 2.22. The molecule has 1 aromatic heterocycles. The van der Waals surface area contributed by atoms with Crippen LogP contribution in [0.1, 0.15) is 29.6 Å². The third-order valence-electron chi connectivity index (χ3n) is 3.69. The van der Waals surface area contributed by atoms with Crippen LogP contribution in [0.15, 0.2) is 18.3 Å². The van der Waals surface area contributed by atoms with Gasteiger partial charge in [-0.3, -0.25) is 9.59 Å². The first-order valence-corrected chi connectivity index (χ1v) is 7.31. The lowest BCUT2D eigenvalue weighted by molar-refractivity contribution is -0.118. The van der Waals surface area contributed by atoms with Crippen molar-refractivity contribution in [3.8, 4) is 12.3 Å². The maximum Gasteiger partial charge on any atom is 0.253 e. The molecule has 1 saturated heterocycles. The average Bonchev–Trinajstić information content (AvgIpc) is 2.52. The van der Waals surface area contributed by atoms with Crippen LogP contribution in [0.3, 0.4) is 0 Å². The number of nitrogens with one attached hydrogen (secondary N) is 1. The molecule has 1 aromatic rings. The maximum atomic E-state index is 11.8. The van der Waals surface area contributed by atoms with Crippen molar-refractivity contribution < 1.29 is 9.59 Å². The van der Waals surface area contributed by atoms with E-state index in [0.29, 0.717) is 12.0 Å². The number of rotatable bonds is 5. The molecule has 0 aliphatic carbocycles. The van der Waals surface area contributed by atoms with Crippen LogP contribution in [-0.4, -0.2) is 36.4 Å². The number of carbonyl (C=O) groups excluding carboxylic acids is 2. The molecule has 2 heterocycles. The molecule has 0 bridgehead atoms. The van der Waals surface area contributed by atoms with E-state index in [0.717, 1.165) is 31.7 Å². The second kappa shape index (κ2) is 7.46. The SMILES string of the molecule is C#CCNC(=O)c1ccc(N2CCCC(CC(N)=O)C2)nc1. The third-order valence-corrected chi connectivity index (χ3v) is 3.69. The molecule has 0 aromatic carbocycles. The summed E-state index contributed by atoms with van der Waals surface area (Å²) in [6.07, 6.45) is 9.06. The van der Waals surface area contributed by atoms with Crippen molar-refractivity contribution in [2.24, 2.45) is 11.7 Å². The van der Waals surface area contributed by atoms with E-state index in [1.165, 1.54) is 0 Å². The van der Waals surface area contributed by atoms with Gasteiger partial charge in [-0.1, -0.05) is 5.92 Å². The first kappa shape index (κ1) is 15.8. The predicted octanol–water partition coefficient (Wildman–Crippen LogP) is 0.536. The van der Waals surface area contributed by atoms with Gasteiger partial charge >= 0.3 is 0 Å². The zero-order valence-corrected chi connectivity index (χ0v) is 12.4. The van der Waals surface area contributed by atoms with E-state index in [2.05, 4.69) is 21.1 Å². The van der Waals surface area contributed by atoms with E-state index >= 15 is 0 Å². The van der Waals surface area contributed by atoms with E-state index in [4.69, 9.17) is 12.2 Å². The molecule has 3 N–H and O–H groups in total. The molecule has 1 unspecified atom stereocenters. The number of aromatic nitrogens is 1. The number of hydrogen-bond acceptors (Lipinski definition) is 4. The van der Waals surface area contributed by atoms with Gasteiger partial charge < -0.3 is 16.0 Å². The van der Waals surface area contributed by atoms with Crippen molar-refractivity contribution in [1.82, 2.24) is 10.3 Å². The van der Waals surface area contributed by atoms with E-state index < -0.39 is 0 Å². The van der Waals surface area contributed by atoms with Gasteiger partial charge in [0, 0.05) is 25.7 Å². The highest BCUT2D eigenvalue weighted by atomic mass is 16.2. The number of carbonyl (C=O) groups is 2. The minimum absolute atomic E-state index is 0.196. The lowest BCUT2D eigenvalue weighted by Gasteiger charge is -2.33. The molecule has 1 aliphatic rings. The molecular formula is C16H20N4O2. The number of amides is 2. The number of anilines is 1. The van der Waals surface area contributed by atoms with Crippen LogP contribution in [-0.2, 0) is 4.79 Å². The van der Waals surface area contributed by atoms with E-state index in [9.17, 15) is 9.59 Å². The zero-order valence-electron chi connectivity index (χ0n) is 12.4. The third kappa shape index (κ3) is 4.22. The summed E-state index contributed by atoms with van der Waals surface area (Å²) >= 11 is 0. The molecule has 0 saturated carbocycles. The lowest BCUT2D eigenvalue weighted by atomic mass is 9.94. The fraction of sp³-hybridized carbons (Fsp3) is 0.438. The van der Waals surface area contributed by atoms with E-state index in [1.54, 1.807) is 12.3 Å². The highest BCUT2D eigenvalue weighted by molar-refractivity contribution is 5.94. The van der Waals surface area contributed by atoms with Crippen LogP contribution < -0.4 is 16.0 Å². The predicted molar refractivity (Wildman–Crippen MR) is 84.2 cm³/mol. The summed E-state index contributed by atoms with van der Waals surface area (Å²) in [4.78, 5) is 29.3. The molecule has 116 valence electrons. The Labute approximate surface area is 130 Å². The van der Waals surface area contributed by atoms with Crippen LogP contribution in [0.25, 0.3) is 0 Å². The number of terminal acetylenes is 1. The minimum Gasteiger partial charge on any atom is -0.370 e. The molecule has 22 heavy (non-hydrogen) atoms. The van der Waals surface area contributed by atoms with Gasteiger partial charge in [0.25, 0.3) is 5.91 Å². The summed E-state index contributed by atoms with van der Waals surface area (Å²) in [5.74, 6) is 2.93. The number of piperidine rings is 1. The highest BCUT2D eigenvalue weighted by Crippen LogP contribution is 2.23. The number of pyridine rings is 1. The summed E-state index contributed by atoms with van der Waals surface area (Å²) < 4.78 is 0. The molecular weight excluding hydrogens is 280 g/mol. The second-order valence-corrected chi connectivity index (χ2v) is 5.42. The Morgan fingerprint density at radius 3 is 2.95 bits per heavy atom. The maximum absolute atomic E-state index is 11.8. The average molecular weight is 300 g/mol. The Hall–Kier alpha value is -2.55. The van der Waals surface area contributed by atoms with Crippen molar-refractivity contribution in [2.45, 2.75) is 19.3 Å². The van der Waals surface area contributed by atoms with Crippen LogP contribution in [0, 0.1) is 18.3 Å². The molecule has 1 atom stereocenters. The normalized spacial score (nSPS) is 17.6. The molecule has 6 nitrogen and oxygen atoms in total. The fourth-order valence-electron chi connectivity index (χ4n) is 2.67. The van der Waals surface area contributed by atoms with Gasteiger partial charge in [0.15, 0.2) is 0 Å². The minimum atomic E-state index is -0.264. The van der Waals surface area contributed by atoms with Gasteiger partial charge in [-0.05, 0) is 30.9 Å². The van der Waals surface area contributed by atoms with Gasteiger partial charge in [-0.15, -0.1) is 6.42 Å². The number of hydrogen-bond donors (Lipinski definition) is 2. The summed E-state index contributed by atoms with van der Waals surface area (Å²) in [7, 11) is 0. The molecule has 1 fully saturated rings. The van der Waals surface area contributed by atoms with Crippen molar-refractivity contribution in [2.75, 3.05) is 24.5 Å². The van der Waals surface area contributed by atoms with Gasteiger partial charge in [0.05, 0.1) is 12.1 Å². The van der Waals surface area contributed by atoms with Gasteiger partial charge in [-0.2, -0.15) is 0 Å².